The van der Waals surface area contributed by atoms with Crippen molar-refractivity contribution in [3.05, 3.63) is 65.5 Å². The van der Waals surface area contributed by atoms with E-state index in [1.807, 2.05) is 0 Å². The number of rotatable bonds is 6. The molecule has 1 atom stereocenters. The number of nitrogens with two attached hydrogens (primary N) is 1. The summed E-state index contributed by atoms with van der Waals surface area (Å²) in [5.41, 5.74) is -4.21. The number of hydrogen-bond donors (Lipinski definition) is 1. The van der Waals surface area contributed by atoms with Crippen LogP contribution in [0.4, 0.5) is 35.1 Å². The summed E-state index contributed by atoms with van der Waals surface area (Å²) in [5, 5.41) is 0. The molecule has 3 amide bonds. The monoisotopic (exact) mass is 669 g/mol. The van der Waals surface area contributed by atoms with Gasteiger partial charge in [-0.2, -0.15) is 26.3 Å². The number of carbonyl (C=O) groups is 3. The van der Waals surface area contributed by atoms with Crippen molar-refractivity contribution < 1.29 is 57.9 Å². The summed E-state index contributed by atoms with van der Waals surface area (Å²) < 4.78 is 135. The first-order chi connectivity index (χ1) is 20.6. The quantitative estimate of drug-likeness (QED) is 0.282. The van der Waals surface area contributed by atoms with Crippen LogP contribution in [0, 0.1) is 11.2 Å². The average Bonchev–Trinajstić information content (AvgIpc) is 3.43. The number of nitrogens with zero attached hydrogens (tertiary/aromatic N) is 2. The first-order valence-corrected chi connectivity index (χ1v) is 14.9. The van der Waals surface area contributed by atoms with E-state index in [0.717, 1.165) is 29.2 Å². The van der Waals surface area contributed by atoms with Gasteiger partial charge in [-0.1, -0.05) is 24.3 Å². The van der Waals surface area contributed by atoms with Crippen LogP contribution < -0.4 is 5.73 Å². The molecule has 45 heavy (non-hydrogen) atoms. The van der Waals surface area contributed by atoms with Gasteiger partial charge in [-0.25, -0.2) is 17.2 Å². The fourth-order valence-corrected chi connectivity index (χ4v) is 8.05. The van der Waals surface area contributed by atoms with E-state index in [4.69, 9.17) is 5.73 Å². The van der Waals surface area contributed by atoms with Crippen LogP contribution >= 0.6 is 0 Å². The largest absolute Gasteiger partial charge is 0.435 e. The van der Waals surface area contributed by atoms with Crippen molar-refractivity contribution in [2.75, 3.05) is 26.2 Å². The molecule has 0 spiro atoms. The second-order valence-electron chi connectivity index (χ2n) is 11.1. The zero-order valence-electron chi connectivity index (χ0n) is 23.5. The van der Waals surface area contributed by atoms with Crippen molar-refractivity contribution in [3.63, 3.8) is 0 Å². The summed E-state index contributed by atoms with van der Waals surface area (Å²) in [6.45, 7) is 0.194. The Morgan fingerprint density at radius 1 is 0.778 bits per heavy atom. The maximum Gasteiger partial charge on any atom is 0.435 e. The van der Waals surface area contributed by atoms with Crippen molar-refractivity contribution >= 4 is 27.6 Å². The third-order valence-corrected chi connectivity index (χ3v) is 11.2. The van der Waals surface area contributed by atoms with Gasteiger partial charge in [-0.3, -0.25) is 14.4 Å². The summed E-state index contributed by atoms with van der Waals surface area (Å²) >= 11 is 0. The van der Waals surface area contributed by atoms with Crippen LogP contribution in [-0.4, -0.2) is 74.5 Å². The number of halogens is 8. The van der Waals surface area contributed by atoms with Gasteiger partial charge in [0, 0.05) is 38.7 Å². The van der Waals surface area contributed by atoms with Gasteiger partial charge in [0.2, 0.25) is 17.7 Å². The molecular formula is C28H27F8N3O5S. The highest BCUT2D eigenvalue weighted by Gasteiger charge is 2.73. The normalized spacial score (nSPS) is 21.1. The number of alkyl halides is 7. The molecule has 2 heterocycles. The number of carbonyl (C=O) groups excluding carboxylic acids is 3. The van der Waals surface area contributed by atoms with Crippen molar-refractivity contribution in [3.8, 4) is 0 Å². The van der Waals surface area contributed by atoms with Crippen LogP contribution in [-0.2, 0) is 34.6 Å². The number of benzene rings is 2. The molecule has 2 saturated heterocycles. The lowest BCUT2D eigenvalue weighted by Crippen LogP contribution is -2.57. The Labute approximate surface area is 252 Å². The molecule has 8 nitrogen and oxygen atoms in total. The van der Waals surface area contributed by atoms with Crippen LogP contribution in [0.5, 0.6) is 0 Å². The molecule has 0 bridgehead atoms. The standard InChI is InChI=1S/C28H27F8N3O5S/c1-17(40)38-13-10-24(11-14-38,22(37)41)23(42)39-15-12-25(16-39,45(43,44)21-8-6-20(29)7-9-21)18-2-4-19(5-3-18)26(30,27(31,32)33)28(34,35)36/h2-9H,10-16H2,1H3,(H2,37,41). The lowest BCUT2D eigenvalue weighted by molar-refractivity contribution is -0.348. The highest BCUT2D eigenvalue weighted by Crippen LogP contribution is 2.54. The predicted octanol–water partition coefficient (Wildman–Crippen LogP) is 4.13. The minimum Gasteiger partial charge on any atom is -0.369 e. The predicted molar refractivity (Wildman–Crippen MR) is 141 cm³/mol. The maximum atomic E-state index is 14.7. The zero-order chi connectivity index (χ0) is 33.8. The molecule has 2 aliphatic heterocycles. The summed E-state index contributed by atoms with van der Waals surface area (Å²) in [7, 11) is -4.70. The molecule has 2 aromatic carbocycles. The van der Waals surface area contributed by atoms with Crippen LogP contribution in [0.15, 0.2) is 53.4 Å². The van der Waals surface area contributed by atoms with Gasteiger partial charge in [-0.05, 0) is 49.1 Å². The second kappa shape index (κ2) is 11.2. The Bertz CT molecular complexity index is 1570. The zero-order valence-corrected chi connectivity index (χ0v) is 24.3. The van der Waals surface area contributed by atoms with Crippen LogP contribution in [0.1, 0.15) is 37.3 Å². The van der Waals surface area contributed by atoms with E-state index in [-0.39, 0.29) is 56.1 Å². The van der Waals surface area contributed by atoms with Crippen molar-refractivity contribution in [1.29, 1.82) is 0 Å². The van der Waals surface area contributed by atoms with E-state index < -0.39 is 79.1 Å². The first kappa shape index (κ1) is 34.1. The molecular weight excluding hydrogens is 642 g/mol. The molecule has 2 N–H and O–H groups in total. The number of amides is 3. The van der Waals surface area contributed by atoms with E-state index in [1.165, 1.54) is 11.8 Å². The number of primary amides is 1. The highest BCUT2D eigenvalue weighted by atomic mass is 32.2. The average molecular weight is 670 g/mol. The Morgan fingerprint density at radius 2 is 1.27 bits per heavy atom. The lowest BCUT2D eigenvalue weighted by Gasteiger charge is -2.40. The molecule has 2 fully saturated rings. The van der Waals surface area contributed by atoms with E-state index in [1.54, 1.807) is 0 Å². The molecule has 0 saturated carbocycles. The van der Waals surface area contributed by atoms with Gasteiger partial charge in [0.25, 0.3) is 0 Å². The molecule has 0 radical (unpaired) electrons. The minimum absolute atomic E-state index is 0.0122. The van der Waals surface area contributed by atoms with Gasteiger partial charge in [0.05, 0.1) is 4.90 Å². The summed E-state index contributed by atoms with van der Waals surface area (Å²) in [6.07, 6.45) is -13.6. The molecule has 0 aromatic heterocycles. The number of likely N-dealkylation sites (tertiary alicyclic amines) is 2. The molecule has 17 heteroatoms. The first-order valence-electron chi connectivity index (χ1n) is 13.4. The lowest BCUT2D eigenvalue weighted by atomic mass is 9.76. The topological polar surface area (TPSA) is 118 Å². The highest BCUT2D eigenvalue weighted by molar-refractivity contribution is 7.92. The van der Waals surface area contributed by atoms with Gasteiger partial charge in [0.15, 0.2) is 9.84 Å². The Kier molecular flexibility index (Phi) is 8.52. The Hall–Kier alpha value is -3.76. The molecule has 4 rings (SSSR count). The van der Waals surface area contributed by atoms with E-state index in [9.17, 15) is 57.9 Å². The van der Waals surface area contributed by atoms with Crippen molar-refractivity contribution in [1.82, 2.24) is 9.80 Å². The van der Waals surface area contributed by atoms with Gasteiger partial charge in [-0.15, -0.1) is 0 Å². The molecule has 2 aliphatic rings. The third-order valence-electron chi connectivity index (χ3n) is 8.69. The maximum absolute atomic E-state index is 14.7. The molecule has 246 valence electrons. The van der Waals surface area contributed by atoms with Crippen molar-refractivity contribution in [2.45, 2.75) is 53.9 Å². The number of hydrogen-bond acceptors (Lipinski definition) is 5. The Balaban J connectivity index is 1.81. The third kappa shape index (κ3) is 5.42. The summed E-state index contributed by atoms with van der Waals surface area (Å²) in [5.74, 6) is -3.03. The van der Waals surface area contributed by atoms with E-state index in [2.05, 4.69) is 0 Å². The molecule has 2 aromatic rings. The summed E-state index contributed by atoms with van der Waals surface area (Å²) in [4.78, 5) is 40.2. The SMILES string of the molecule is CC(=O)N1CCC(C(N)=O)(C(=O)N2CCC(c3ccc(C(F)(C(F)(F)F)C(F)(F)F)cc3)(S(=O)(=O)c3ccc(F)cc3)C2)CC1. The number of piperidine rings is 1. The van der Waals surface area contributed by atoms with Gasteiger partial charge in [0.1, 0.15) is 16.0 Å². The fraction of sp³-hybridized carbons (Fsp3) is 0.464. The van der Waals surface area contributed by atoms with Gasteiger partial charge < -0.3 is 15.5 Å². The smallest absolute Gasteiger partial charge is 0.369 e. The molecule has 0 aliphatic carbocycles. The van der Waals surface area contributed by atoms with E-state index >= 15 is 0 Å². The van der Waals surface area contributed by atoms with Crippen molar-refractivity contribution in [2.24, 2.45) is 11.1 Å². The summed E-state index contributed by atoms with van der Waals surface area (Å²) in [6, 6.07) is 4.97. The van der Waals surface area contributed by atoms with Crippen LogP contribution in [0.25, 0.3) is 0 Å². The number of sulfone groups is 1. The van der Waals surface area contributed by atoms with Crippen LogP contribution in [0.2, 0.25) is 0 Å². The Morgan fingerprint density at radius 3 is 1.71 bits per heavy atom. The second-order valence-corrected chi connectivity index (χ2v) is 13.4. The molecule has 1 unspecified atom stereocenters. The van der Waals surface area contributed by atoms with Crippen LogP contribution in [0.3, 0.4) is 0 Å². The van der Waals surface area contributed by atoms with Gasteiger partial charge >= 0.3 is 18.0 Å². The fourth-order valence-electron chi connectivity index (χ4n) is 5.97. The minimum atomic E-state index is -6.41. The van der Waals surface area contributed by atoms with E-state index in [0.29, 0.717) is 12.1 Å².